The van der Waals surface area contributed by atoms with Gasteiger partial charge in [0.15, 0.2) is 0 Å². The molecule has 0 radical (unpaired) electrons. The number of nitrogens with one attached hydrogen (secondary N) is 2. The first-order valence-corrected chi connectivity index (χ1v) is 8.54. The number of esters is 1. The van der Waals surface area contributed by atoms with Gasteiger partial charge < -0.3 is 15.4 Å². The van der Waals surface area contributed by atoms with Gasteiger partial charge in [-0.15, -0.1) is 0 Å². The number of hydrogen-bond donors (Lipinski definition) is 2. The Balaban J connectivity index is 1.85. The van der Waals surface area contributed by atoms with Crippen molar-refractivity contribution in [2.45, 2.75) is 19.8 Å². The second-order valence-corrected chi connectivity index (χ2v) is 6.03. The van der Waals surface area contributed by atoms with Crippen molar-refractivity contribution in [2.24, 2.45) is 5.92 Å². The van der Waals surface area contributed by atoms with Crippen molar-refractivity contribution in [1.82, 2.24) is 10.2 Å². The first-order chi connectivity index (χ1) is 12.0. The molecular formula is C18H25N3O4. The number of nitrogens with zero attached hydrogens (tertiary/aromatic N) is 1. The lowest BCUT2D eigenvalue weighted by atomic mass is 9.98. The van der Waals surface area contributed by atoms with Gasteiger partial charge in [-0.2, -0.15) is 0 Å². The summed E-state index contributed by atoms with van der Waals surface area (Å²) in [4.78, 5) is 37.5. The number of rotatable bonds is 6. The van der Waals surface area contributed by atoms with Gasteiger partial charge in [0.2, 0.25) is 5.91 Å². The second kappa shape index (κ2) is 9.17. The Kier molecular flexibility index (Phi) is 6.94. The van der Waals surface area contributed by atoms with Gasteiger partial charge in [0, 0.05) is 24.8 Å². The maximum absolute atomic E-state index is 12.2. The van der Waals surface area contributed by atoms with Crippen LogP contribution in [0, 0.1) is 5.92 Å². The van der Waals surface area contributed by atoms with E-state index in [0.29, 0.717) is 24.4 Å². The van der Waals surface area contributed by atoms with Crippen molar-refractivity contribution in [1.29, 1.82) is 0 Å². The highest BCUT2D eigenvalue weighted by atomic mass is 16.5. The molecular weight excluding hydrogens is 322 g/mol. The number of anilines is 1. The summed E-state index contributed by atoms with van der Waals surface area (Å²) in [7, 11) is 1.57. The maximum Gasteiger partial charge on any atom is 0.310 e. The van der Waals surface area contributed by atoms with Gasteiger partial charge in [0.05, 0.1) is 19.1 Å². The standard InChI is InChI=1S/C18H25N3O4/c1-3-25-18(24)14-5-4-10-21(11-14)12-16(22)20-15-8-6-13(7-9-15)17(23)19-2/h6-9,14H,3-5,10-12H2,1-2H3,(H,19,23)(H,20,22)/t14-/m0/s1. The third kappa shape index (κ3) is 5.56. The van der Waals surface area contributed by atoms with Crippen LogP contribution in [0.5, 0.6) is 0 Å². The van der Waals surface area contributed by atoms with E-state index in [1.807, 2.05) is 4.90 Å². The summed E-state index contributed by atoms with van der Waals surface area (Å²) < 4.78 is 5.07. The van der Waals surface area contributed by atoms with Gasteiger partial charge in [-0.1, -0.05) is 0 Å². The molecule has 1 aromatic carbocycles. The number of piperidine rings is 1. The van der Waals surface area contributed by atoms with Crippen LogP contribution in [-0.4, -0.2) is 56.0 Å². The fraction of sp³-hybridized carbons (Fsp3) is 0.500. The van der Waals surface area contributed by atoms with E-state index in [1.54, 1.807) is 38.2 Å². The number of hydrogen-bond acceptors (Lipinski definition) is 5. The van der Waals surface area contributed by atoms with Crippen molar-refractivity contribution < 1.29 is 19.1 Å². The zero-order valence-corrected chi connectivity index (χ0v) is 14.7. The molecule has 7 nitrogen and oxygen atoms in total. The number of likely N-dealkylation sites (tertiary alicyclic amines) is 1. The van der Waals surface area contributed by atoms with Crippen LogP contribution in [-0.2, 0) is 14.3 Å². The highest BCUT2D eigenvalue weighted by Gasteiger charge is 2.27. The van der Waals surface area contributed by atoms with Gasteiger partial charge in [0.25, 0.3) is 5.91 Å². The molecule has 25 heavy (non-hydrogen) atoms. The molecule has 1 saturated heterocycles. The van der Waals surface area contributed by atoms with E-state index in [1.165, 1.54) is 0 Å². The van der Waals surface area contributed by atoms with Gasteiger partial charge in [0.1, 0.15) is 0 Å². The summed E-state index contributed by atoms with van der Waals surface area (Å²) in [5, 5.41) is 5.36. The minimum Gasteiger partial charge on any atom is -0.466 e. The molecule has 0 aliphatic carbocycles. The Labute approximate surface area is 147 Å². The van der Waals surface area contributed by atoms with Crippen molar-refractivity contribution in [3.63, 3.8) is 0 Å². The molecule has 0 spiro atoms. The monoisotopic (exact) mass is 347 g/mol. The third-order valence-electron chi connectivity index (χ3n) is 4.15. The van der Waals surface area contributed by atoms with E-state index in [9.17, 15) is 14.4 Å². The van der Waals surface area contributed by atoms with Crippen LogP contribution >= 0.6 is 0 Å². The lowest BCUT2D eigenvalue weighted by Gasteiger charge is -2.30. The first kappa shape index (κ1) is 18.9. The summed E-state index contributed by atoms with van der Waals surface area (Å²) in [6, 6.07) is 6.71. The maximum atomic E-state index is 12.2. The molecule has 0 bridgehead atoms. The third-order valence-corrected chi connectivity index (χ3v) is 4.15. The molecule has 0 aromatic heterocycles. The smallest absolute Gasteiger partial charge is 0.310 e. The van der Waals surface area contributed by atoms with E-state index < -0.39 is 0 Å². The Morgan fingerprint density at radius 3 is 2.60 bits per heavy atom. The van der Waals surface area contributed by atoms with E-state index in [-0.39, 0.29) is 30.2 Å². The molecule has 7 heteroatoms. The summed E-state index contributed by atoms with van der Waals surface area (Å²) in [5.74, 6) is -0.654. The molecule has 1 aliphatic rings. The number of amides is 2. The van der Waals surface area contributed by atoms with Crippen LogP contribution in [0.2, 0.25) is 0 Å². The molecule has 1 atom stereocenters. The molecule has 136 valence electrons. The van der Waals surface area contributed by atoms with Crippen molar-refractivity contribution >= 4 is 23.5 Å². The molecule has 0 saturated carbocycles. The van der Waals surface area contributed by atoms with Crippen molar-refractivity contribution in [3.05, 3.63) is 29.8 Å². The van der Waals surface area contributed by atoms with Crippen molar-refractivity contribution in [2.75, 3.05) is 38.6 Å². The fourth-order valence-electron chi connectivity index (χ4n) is 2.90. The number of ether oxygens (including phenoxy) is 1. The zero-order valence-electron chi connectivity index (χ0n) is 14.7. The van der Waals surface area contributed by atoms with Crippen molar-refractivity contribution in [3.8, 4) is 0 Å². The summed E-state index contributed by atoms with van der Waals surface area (Å²) in [6.07, 6.45) is 1.68. The fourth-order valence-corrected chi connectivity index (χ4v) is 2.90. The Morgan fingerprint density at radius 1 is 1.24 bits per heavy atom. The lowest BCUT2D eigenvalue weighted by Crippen LogP contribution is -2.43. The molecule has 1 aromatic rings. The quantitative estimate of drug-likeness (QED) is 0.757. The molecule has 1 heterocycles. The average molecular weight is 347 g/mol. The van der Waals surface area contributed by atoms with Crippen LogP contribution < -0.4 is 10.6 Å². The lowest BCUT2D eigenvalue weighted by molar-refractivity contribution is -0.150. The number of carbonyl (C=O) groups is 3. The second-order valence-electron chi connectivity index (χ2n) is 6.03. The van der Waals surface area contributed by atoms with Gasteiger partial charge in [-0.3, -0.25) is 19.3 Å². The highest BCUT2D eigenvalue weighted by Crippen LogP contribution is 2.18. The minimum atomic E-state index is -0.183. The molecule has 1 fully saturated rings. The van der Waals surface area contributed by atoms with Gasteiger partial charge in [-0.05, 0) is 50.6 Å². The minimum absolute atomic E-state index is 0.141. The van der Waals surface area contributed by atoms with Gasteiger partial charge >= 0.3 is 5.97 Å². The number of carbonyl (C=O) groups excluding carboxylic acids is 3. The van der Waals surface area contributed by atoms with E-state index in [4.69, 9.17) is 4.74 Å². The highest BCUT2D eigenvalue weighted by molar-refractivity contribution is 5.96. The van der Waals surface area contributed by atoms with Crippen LogP contribution in [0.25, 0.3) is 0 Å². The first-order valence-electron chi connectivity index (χ1n) is 8.54. The Morgan fingerprint density at radius 2 is 1.96 bits per heavy atom. The van der Waals surface area contributed by atoms with E-state index >= 15 is 0 Å². The zero-order chi connectivity index (χ0) is 18.2. The predicted octanol–water partition coefficient (Wildman–Crippen LogP) is 1.26. The predicted molar refractivity (Wildman–Crippen MR) is 94.3 cm³/mol. The topological polar surface area (TPSA) is 87.7 Å². The summed E-state index contributed by atoms with van der Waals surface area (Å²) >= 11 is 0. The van der Waals surface area contributed by atoms with Crippen LogP contribution in [0.4, 0.5) is 5.69 Å². The Hall–Kier alpha value is -2.41. The summed E-state index contributed by atoms with van der Waals surface area (Å²) in [5.41, 5.74) is 1.17. The van der Waals surface area contributed by atoms with Crippen LogP contribution in [0.1, 0.15) is 30.1 Å². The van der Waals surface area contributed by atoms with E-state index in [2.05, 4.69) is 10.6 Å². The SMILES string of the molecule is CCOC(=O)[C@H]1CCCN(CC(=O)Nc2ccc(C(=O)NC)cc2)C1. The normalized spacial score (nSPS) is 17.6. The molecule has 0 unspecified atom stereocenters. The molecule has 2 N–H and O–H groups in total. The molecule has 2 rings (SSSR count). The molecule has 1 aliphatic heterocycles. The number of benzene rings is 1. The average Bonchev–Trinajstić information content (AvgIpc) is 2.62. The summed E-state index contributed by atoms with van der Waals surface area (Å²) in [6.45, 7) is 3.73. The Bertz CT molecular complexity index is 615. The largest absolute Gasteiger partial charge is 0.466 e. The van der Waals surface area contributed by atoms with Gasteiger partial charge in [-0.25, -0.2) is 0 Å². The molecule has 2 amide bonds. The van der Waals surface area contributed by atoms with Crippen LogP contribution in [0.3, 0.4) is 0 Å². The van der Waals surface area contributed by atoms with Crippen LogP contribution in [0.15, 0.2) is 24.3 Å². The van der Waals surface area contributed by atoms with E-state index in [0.717, 1.165) is 19.4 Å².